The van der Waals surface area contributed by atoms with E-state index >= 15 is 0 Å². The van der Waals surface area contributed by atoms with Crippen LogP contribution in [-0.4, -0.2) is 0 Å². The second kappa shape index (κ2) is 3.24. The Balaban J connectivity index is 2.99. The van der Waals surface area contributed by atoms with Crippen LogP contribution in [0.4, 0.5) is 5.69 Å². The highest BCUT2D eigenvalue weighted by Gasteiger charge is 1.89. The van der Waals surface area contributed by atoms with Crippen molar-refractivity contribution in [1.82, 2.24) is 0 Å². The maximum Gasteiger partial charge on any atom is -0.0232 e. The van der Waals surface area contributed by atoms with Gasteiger partial charge in [-0.15, -0.1) is 5.69 Å². The van der Waals surface area contributed by atoms with E-state index in [-0.39, 0.29) is 0 Å². The van der Waals surface area contributed by atoms with Crippen molar-refractivity contribution in [3.8, 4) is 0 Å². The van der Waals surface area contributed by atoms with Gasteiger partial charge in [-0.3, -0.25) is 0 Å². The Hall–Kier alpha value is -1.24. The molecule has 1 N–H and O–H groups in total. The Morgan fingerprint density at radius 1 is 1.27 bits per heavy atom. The highest BCUT2D eigenvalue weighted by Crippen LogP contribution is 2.17. The summed E-state index contributed by atoms with van der Waals surface area (Å²) in [5, 5.41) is 0. The molecule has 1 aromatic rings. The van der Waals surface area contributed by atoms with Crippen LogP contribution in [0.15, 0.2) is 30.3 Å². The van der Waals surface area contributed by atoms with E-state index in [0.29, 0.717) is 5.69 Å². The van der Waals surface area contributed by atoms with Crippen LogP contribution in [0.2, 0.25) is 0 Å². The average Bonchev–Trinajstić information content (AvgIpc) is 2.05. The molecule has 0 heterocycles. The fourth-order valence-corrected chi connectivity index (χ4v) is 0.900. The fraction of sp³-hybridized carbons (Fsp3) is 0.200. The Morgan fingerprint density at radius 2 is 1.82 bits per heavy atom. The van der Waals surface area contributed by atoms with Crippen LogP contribution in [0.1, 0.15) is 19.4 Å². The first-order chi connectivity index (χ1) is 5.24. The topological polar surface area (TPSA) is 23.8 Å². The van der Waals surface area contributed by atoms with Crippen molar-refractivity contribution in [2.24, 2.45) is 0 Å². The van der Waals surface area contributed by atoms with E-state index in [1.54, 1.807) is 0 Å². The predicted molar refractivity (Wildman–Crippen MR) is 49.7 cm³/mol. The molecule has 0 aliphatic carbocycles. The van der Waals surface area contributed by atoms with Crippen molar-refractivity contribution in [3.63, 3.8) is 0 Å². The zero-order valence-corrected chi connectivity index (χ0v) is 6.89. The van der Waals surface area contributed by atoms with Gasteiger partial charge in [-0.2, -0.15) is 0 Å². The van der Waals surface area contributed by atoms with Crippen molar-refractivity contribution in [1.29, 1.82) is 0 Å². The van der Waals surface area contributed by atoms with Crippen LogP contribution in [0.5, 0.6) is 0 Å². The summed E-state index contributed by atoms with van der Waals surface area (Å²) in [4.78, 5) is 0. The molecule has 0 bridgehead atoms. The predicted octanol–water partition coefficient (Wildman–Crippen LogP) is 3.79. The first-order valence-electron chi connectivity index (χ1n) is 3.69. The maximum atomic E-state index is 7.27. The van der Waals surface area contributed by atoms with Gasteiger partial charge >= 0.3 is 0 Å². The third-order valence-electron chi connectivity index (χ3n) is 1.77. The summed E-state index contributed by atoms with van der Waals surface area (Å²) < 4.78 is 0. The lowest BCUT2D eigenvalue weighted by atomic mass is 10.1. The van der Waals surface area contributed by atoms with Crippen LogP contribution < -0.4 is 0 Å². The third kappa shape index (κ3) is 1.84. The van der Waals surface area contributed by atoms with Crippen molar-refractivity contribution in [2.45, 2.75) is 13.8 Å². The van der Waals surface area contributed by atoms with E-state index in [4.69, 9.17) is 5.73 Å². The molecule has 0 amide bonds. The zero-order chi connectivity index (χ0) is 8.27. The second-order valence-corrected chi connectivity index (χ2v) is 2.55. The molecule has 0 fully saturated rings. The van der Waals surface area contributed by atoms with Gasteiger partial charge in [-0.25, -0.2) is 0 Å². The van der Waals surface area contributed by atoms with Gasteiger partial charge in [-0.1, -0.05) is 30.3 Å². The minimum atomic E-state index is 0.567. The molecule has 1 nitrogen and oxygen atoms in total. The monoisotopic (exact) mass is 146 g/mol. The largest absolute Gasteiger partial charge is 0.699 e. The number of benzene rings is 1. The molecule has 1 aromatic carbocycles. The average molecular weight is 146 g/mol. The lowest BCUT2D eigenvalue weighted by molar-refractivity contribution is 1.55. The summed E-state index contributed by atoms with van der Waals surface area (Å²) in [6.45, 7) is 4.09. The van der Waals surface area contributed by atoms with Crippen LogP contribution in [-0.2, 0) is 0 Å². The van der Waals surface area contributed by atoms with Gasteiger partial charge in [0.15, 0.2) is 0 Å². The molecule has 11 heavy (non-hydrogen) atoms. The number of nitrogens with one attached hydrogen (secondary N) is 1. The first kappa shape index (κ1) is 7.86. The van der Waals surface area contributed by atoms with Gasteiger partial charge in [0.1, 0.15) is 0 Å². The molecule has 58 valence electrons. The normalized spacial score (nSPS) is 11.6. The van der Waals surface area contributed by atoms with E-state index in [2.05, 4.69) is 13.0 Å². The summed E-state index contributed by atoms with van der Waals surface area (Å²) in [6.07, 6.45) is 2.07. The van der Waals surface area contributed by atoms with Crippen molar-refractivity contribution in [2.75, 3.05) is 0 Å². The summed E-state index contributed by atoms with van der Waals surface area (Å²) in [5.74, 6) is 0. The minimum Gasteiger partial charge on any atom is -0.699 e. The molecule has 0 aliphatic heterocycles. The molecular weight excluding hydrogens is 134 g/mol. The van der Waals surface area contributed by atoms with Gasteiger partial charge in [0, 0.05) is 0 Å². The summed E-state index contributed by atoms with van der Waals surface area (Å²) >= 11 is 0. The highest BCUT2D eigenvalue weighted by molar-refractivity contribution is 5.65. The number of allylic oxidation sites excluding steroid dienone is 2. The Morgan fingerprint density at radius 3 is 2.27 bits per heavy atom. The lowest BCUT2D eigenvalue weighted by Crippen LogP contribution is -1.75. The molecule has 1 heteroatoms. The van der Waals surface area contributed by atoms with E-state index in [0.717, 1.165) is 0 Å². The molecule has 1 rings (SSSR count). The molecule has 0 aromatic heterocycles. The number of rotatable bonds is 1. The fourth-order valence-electron chi connectivity index (χ4n) is 0.900. The van der Waals surface area contributed by atoms with Crippen molar-refractivity contribution >= 4 is 11.3 Å². The molecule has 0 aliphatic rings. The summed E-state index contributed by atoms with van der Waals surface area (Å²) in [7, 11) is 0. The van der Waals surface area contributed by atoms with Gasteiger partial charge in [0.25, 0.3) is 0 Å². The van der Waals surface area contributed by atoms with Crippen LogP contribution in [0.3, 0.4) is 0 Å². The number of hydrogen-bond donors (Lipinski definition) is 0. The smallest absolute Gasteiger partial charge is 0.0232 e. The van der Waals surface area contributed by atoms with Crippen LogP contribution in [0, 0.1) is 0 Å². The maximum absolute atomic E-state index is 7.27. The van der Waals surface area contributed by atoms with Gasteiger partial charge in [0.05, 0.1) is 0 Å². The molecule has 0 unspecified atom stereocenters. The third-order valence-corrected chi connectivity index (χ3v) is 1.77. The number of hydrogen-bond acceptors (Lipinski definition) is 0. The molecule has 0 atom stereocenters. The Kier molecular flexibility index (Phi) is 2.32. The van der Waals surface area contributed by atoms with Gasteiger partial charge in [0.2, 0.25) is 0 Å². The second-order valence-electron chi connectivity index (χ2n) is 2.55. The Bertz CT molecular complexity index is 257. The van der Waals surface area contributed by atoms with Gasteiger partial charge in [-0.05, 0) is 25.0 Å². The van der Waals surface area contributed by atoms with Gasteiger partial charge < -0.3 is 5.73 Å². The van der Waals surface area contributed by atoms with Crippen LogP contribution in [0.25, 0.3) is 11.3 Å². The van der Waals surface area contributed by atoms with E-state index in [1.165, 1.54) is 11.1 Å². The molecule has 0 saturated heterocycles. The standard InChI is InChI=1S/C10H12N/c1-3-8(2)9-4-6-10(11)7-5-9/h3-7,11H,1-2H3/q-1/b8-3+. The minimum absolute atomic E-state index is 0.567. The molecule has 0 radical (unpaired) electrons. The molecule has 0 saturated carbocycles. The van der Waals surface area contributed by atoms with E-state index in [9.17, 15) is 0 Å². The summed E-state index contributed by atoms with van der Waals surface area (Å²) in [6, 6.07) is 7.56. The van der Waals surface area contributed by atoms with Crippen molar-refractivity contribution < 1.29 is 0 Å². The van der Waals surface area contributed by atoms with Crippen LogP contribution >= 0.6 is 0 Å². The zero-order valence-electron chi connectivity index (χ0n) is 6.89. The first-order valence-corrected chi connectivity index (χ1v) is 3.69. The molecular formula is C10H12N-. The van der Waals surface area contributed by atoms with E-state index < -0.39 is 0 Å². The summed E-state index contributed by atoms with van der Waals surface area (Å²) in [5.41, 5.74) is 10.3. The quantitative estimate of drug-likeness (QED) is 0.575. The SMILES string of the molecule is C/C=C(\C)c1ccc([NH-])cc1. The van der Waals surface area contributed by atoms with E-state index in [1.807, 2.05) is 31.2 Å². The molecule has 0 spiro atoms. The lowest BCUT2D eigenvalue weighted by Gasteiger charge is -2.04. The van der Waals surface area contributed by atoms with Crippen molar-refractivity contribution in [3.05, 3.63) is 41.6 Å². The Labute approximate surface area is 67.5 Å². The highest BCUT2D eigenvalue weighted by atomic mass is 14.5.